The first-order valence-electron chi connectivity index (χ1n) is 6.08. The molecule has 0 bridgehead atoms. The molecule has 0 saturated carbocycles. The van der Waals surface area contributed by atoms with E-state index in [1.165, 1.54) is 6.07 Å². The lowest BCUT2D eigenvalue weighted by atomic mass is 9.94. The van der Waals surface area contributed by atoms with Crippen molar-refractivity contribution in [1.82, 2.24) is 0 Å². The Morgan fingerprint density at radius 3 is 2.14 bits per heavy atom. The molecule has 0 aliphatic heterocycles. The third-order valence-electron chi connectivity index (χ3n) is 3.23. The molecule has 1 nitrogen and oxygen atoms in total. The number of halogens is 5. The van der Waals surface area contributed by atoms with Gasteiger partial charge in [0, 0.05) is 10.0 Å². The van der Waals surface area contributed by atoms with Gasteiger partial charge in [0.05, 0.1) is 11.6 Å². The van der Waals surface area contributed by atoms with Crippen LogP contribution in [0.5, 0.6) is 0 Å². The minimum Gasteiger partial charge on any atom is -0.320 e. The summed E-state index contributed by atoms with van der Waals surface area (Å²) < 4.78 is 38.0. The smallest absolute Gasteiger partial charge is 0.320 e. The quantitative estimate of drug-likeness (QED) is 0.785. The SMILES string of the molecule is Cc1cc(C(F)(F)F)ccc1C(N)c1ccc(Cl)cc1Cl. The first-order chi connectivity index (χ1) is 9.70. The second-order valence-electron chi connectivity index (χ2n) is 4.71. The summed E-state index contributed by atoms with van der Waals surface area (Å²) in [7, 11) is 0. The Morgan fingerprint density at radius 1 is 1.00 bits per heavy atom. The molecule has 2 rings (SSSR count). The van der Waals surface area contributed by atoms with Crippen LogP contribution in [0.1, 0.15) is 28.3 Å². The summed E-state index contributed by atoms with van der Waals surface area (Å²) in [5.41, 5.74) is 7.09. The topological polar surface area (TPSA) is 26.0 Å². The average Bonchev–Trinajstić information content (AvgIpc) is 2.36. The minimum atomic E-state index is -4.37. The zero-order valence-electron chi connectivity index (χ0n) is 11.0. The normalized spacial score (nSPS) is 13.3. The number of hydrogen-bond acceptors (Lipinski definition) is 1. The van der Waals surface area contributed by atoms with Gasteiger partial charge in [-0.25, -0.2) is 0 Å². The van der Waals surface area contributed by atoms with Crippen LogP contribution in [0.15, 0.2) is 36.4 Å². The van der Waals surface area contributed by atoms with Gasteiger partial charge in [0.25, 0.3) is 0 Å². The third kappa shape index (κ3) is 3.51. The van der Waals surface area contributed by atoms with E-state index in [2.05, 4.69) is 0 Å². The molecule has 21 heavy (non-hydrogen) atoms. The molecule has 0 heterocycles. The maximum Gasteiger partial charge on any atom is 0.416 e. The van der Waals surface area contributed by atoms with E-state index >= 15 is 0 Å². The van der Waals surface area contributed by atoms with E-state index in [-0.39, 0.29) is 0 Å². The lowest BCUT2D eigenvalue weighted by Crippen LogP contribution is -2.15. The number of nitrogens with two attached hydrogens (primary N) is 1. The van der Waals surface area contributed by atoms with Gasteiger partial charge >= 0.3 is 6.18 Å². The van der Waals surface area contributed by atoms with Gasteiger partial charge in [-0.3, -0.25) is 0 Å². The molecule has 0 amide bonds. The summed E-state index contributed by atoms with van der Waals surface area (Å²) >= 11 is 11.9. The van der Waals surface area contributed by atoms with E-state index in [4.69, 9.17) is 28.9 Å². The lowest BCUT2D eigenvalue weighted by molar-refractivity contribution is -0.137. The second kappa shape index (κ2) is 5.87. The molecular formula is C15H12Cl2F3N. The van der Waals surface area contributed by atoms with Crippen molar-refractivity contribution < 1.29 is 13.2 Å². The maximum absolute atomic E-state index is 12.7. The Balaban J connectivity index is 2.42. The Bertz CT molecular complexity index is 668. The molecule has 0 aliphatic carbocycles. The van der Waals surface area contributed by atoms with E-state index in [0.29, 0.717) is 26.7 Å². The highest BCUT2D eigenvalue weighted by Crippen LogP contribution is 2.34. The third-order valence-corrected chi connectivity index (χ3v) is 3.79. The Labute approximate surface area is 130 Å². The number of aryl methyl sites for hydroxylation is 1. The van der Waals surface area contributed by atoms with Crippen LogP contribution < -0.4 is 5.73 Å². The molecule has 0 aliphatic rings. The Kier molecular flexibility index (Phi) is 4.51. The van der Waals surface area contributed by atoms with Gasteiger partial charge in [-0.2, -0.15) is 13.2 Å². The van der Waals surface area contributed by atoms with Crippen molar-refractivity contribution in [2.24, 2.45) is 5.73 Å². The van der Waals surface area contributed by atoms with Crippen LogP contribution in [-0.4, -0.2) is 0 Å². The van der Waals surface area contributed by atoms with Gasteiger partial charge in [-0.15, -0.1) is 0 Å². The van der Waals surface area contributed by atoms with Gasteiger partial charge in [-0.05, 0) is 47.9 Å². The molecule has 1 unspecified atom stereocenters. The van der Waals surface area contributed by atoms with Gasteiger partial charge in [-0.1, -0.05) is 35.3 Å². The van der Waals surface area contributed by atoms with Crippen molar-refractivity contribution in [2.45, 2.75) is 19.1 Å². The summed E-state index contributed by atoms with van der Waals surface area (Å²) in [6.07, 6.45) is -4.37. The molecule has 0 saturated heterocycles. The molecule has 0 fully saturated rings. The van der Waals surface area contributed by atoms with Crippen molar-refractivity contribution in [3.05, 3.63) is 68.7 Å². The zero-order chi connectivity index (χ0) is 15.8. The van der Waals surface area contributed by atoms with Crippen LogP contribution in [0.2, 0.25) is 10.0 Å². The first kappa shape index (κ1) is 16.1. The van der Waals surface area contributed by atoms with Gasteiger partial charge in [0.1, 0.15) is 0 Å². The van der Waals surface area contributed by atoms with Crippen molar-refractivity contribution >= 4 is 23.2 Å². The number of rotatable bonds is 2. The fraction of sp³-hybridized carbons (Fsp3) is 0.200. The predicted molar refractivity (Wildman–Crippen MR) is 78.7 cm³/mol. The Morgan fingerprint density at radius 2 is 1.62 bits per heavy atom. The van der Waals surface area contributed by atoms with E-state index in [1.54, 1.807) is 25.1 Å². The van der Waals surface area contributed by atoms with E-state index < -0.39 is 17.8 Å². The van der Waals surface area contributed by atoms with Crippen LogP contribution in [-0.2, 0) is 6.18 Å². The van der Waals surface area contributed by atoms with Crippen LogP contribution >= 0.6 is 23.2 Å². The summed E-state index contributed by atoms with van der Waals surface area (Å²) in [4.78, 5) is 0. The lowest BCUT2D eigenvalue weighted by Gasteiger charge is -2.18. The highest BCUT2D eigenvalue weighted by Gasteiger charge is 2.31. The fourth-order valence-corrected chi connectivity index (χ4v) is 2.65. The fourth-order valence-electron chi connectivity index (χ4n) is 2.12. The molecule has 112 valence electrons. The average molecular weight is 334 g/mol. The molecule has 1 atom stereocenters. The number of alkyl halides is 3. The minimum absolute atomic E-state index is 0.384. The summed E-state index contributed by atoms with van der Waals surface area (Å²) in [5.74, 6) is 0. The molecular weight excluding hydrogens is 322 g/mol. The van der Waals surface area contributed by atoms with Crippen molar-refractivity contribution in [3.63, 3.8) is 0 Å². The molecule has 6 heteroatoms. The molecule has 2 aromatic carbocycles. The van der Waals surface area contributed by atoms with E-state index in [0.717, 1.165) is 12.1 Å². The molecule has 0 radical (unpaired) electrons. The number of benzene rings is 2. The van der Waals surface area contributed by atoms with Gasteiger partial charge < -0.3 is 5.73 Å². The first-order valence-corrected chi connectivity index (χ1v) is 6.84. The number of hydrogen-bond donors (Lipinski definition) is 1. The predicted octanol–water partition coefficient (Wildman–Crippen LogP) is 5.37. The second-order valence-corrected chi connectivity index (χ2v) is 5.56. The molecule has 2 N–H and O–H groups in total. The largest absolute Gasteiger partial charge is 0.416 e. The molecule has 2 aromatic rings. The highest BCUT2D eigenvalue weighted by molar-refractivity contribution is 6.35. The summed E-state index contributed by atoms with van der Waals surface area (Å²) in [5, 5.41) is 0.856. The van der Waals surface area contributed by atoms with E-state index in [9.17, 15) is 13.2 Å². The molecule has 0 spiro atoms. The van der Waals surface area contributed by atoms with Crippen LogP contribution in [0.25, 0.3) is 0 Å². The summed E-state index contributed by atoms with van der Waals surface area (Å²) in [6, 6.07) is 7.74. The summed E-state index contributed by atoms with van der Waals surface area (Å²) in [6.45, 7) is 1.59. The standard InChI is InChI=1S/C15H12Cl2F3N/c1-8-6-9(15(18,19)20)2-4-11(8)14(21)12-5-3-10(16)7-13(12)17/h2-7,14H,21H2,1H3. The monoisotopic (exact) mass is 333 g/mol. The Hall–Kier alpha value is -1.23. The van der Waals surface area contributed by atoms with Crippen LogP contribution in [0, 0.1) is 6.92 Å². The highest BCUT2D eigenvalue weighted by atomic mass is 35.5. The maximum atomic E-state index is 12.7. The van der Waals surface area contributed by atoms with E-state index in [1.807, 2.05) is 0 Å². The zero-order valence-corrected chi connectivity index (χ0v) is 12.5. The van der Waals surface area contributed by atoms with Crippen molar-refractivity contribution in [3.8, 4) is 0 Å². The van der Waals surface area contributed by atoms with Crippen molar-refractivity contribution in [2.75, 3.05) is 0 Å². The van der Waals surface area contributed by atoms with Crippen LogP contribution in [0.3, 0.4) is 0 Å². The van der Waals surface area contributed by atoms with Gasteiger partial charge in [0.15, 0.2) is 0 Å². The molecule has 0 aromatic heterocycles. The van der Waals surface area contributed by atoms with Crippen LogP contribution in [0.4, 0.5) is 13.2 Å². The van der Waals surface area contributed by atoms with Crippen molar-refractivity contribution in [1.29, 1.82) is 0 Å². The van der Waals surface area contributed by atoms with Gasteiger partial charge in [0.2, 0.25) is 0 Å².